The fourth-order valence-electron chi connectivity index (χ4n) is 3.64. The monoisotopic (exact) mass is 395 g/mol. The second-order valence-electron chi connectivity index (χ2n) is 7.24. The molecular weight excluding hydrogens is 374 g/mol. The van der Waals surface area contributed by atoms with Crippen LogP contribution in [0.1, 0.15) is 29.5 Å². The molecule has 2 aliphatic heterocycles. The van der Waals surface area contributed by atoms with E-state index < -0.39 is 6.03 Å². The molecule has 5 nitrogen and oxygen atoms in total. The van der Waals surface area contributed by atoms with Crippen molar-refractivity contribution in [3.8, 4) is 0 Å². The van der Waals surface area contributed by atoms with Crippen LogP contribution in [0.2, 0.25) is 5.02 Å². The number of anilines is 1. The minimum absolute atomic E-state index is 0.214. The summed E-state index contributed by atoms with van der Waals surface area (Å²) in [5, 5.41) is 3.31. The molecule has 2 saturated heterocycles. The molecule has 6 heteroatoms. The van der Waals surface area contributed by atoms with E-state index in [1.807, 2.05) is 25.1 Å². The van der Waals surface area contributed by atoms with Gasteiger partial charge in [0, 0.05) is 23.8 Å². The first-order valence-electron chi connectivity index (χ1n) is 9.46. The number of hydrogen-bond acceptors (Lipinski definition) is 3. The van der Waals surface area contributed by atoms with Gasteiger partial charge >= 0.3 is 6.03 Å². The Morgan fingerprint density at radius 2 is 1.79 bits per heavy atom. The summed E-state index contributed by atoms with van der Waals surface area (Å²) in [5.41, 5.74) is 4.37. The maximum atomic E-state index is 12.7. The highest BCUT2D eigenvalue weighted by molar-refractivity contribution is 6.30. The molecule has 3 amide bonds. The fraction of sp³-hybridized carbons (Fsp3) is 0.273. The third kappa shape index (κ3) is 3.76. The quantitative estimate of drug-likeness (QED) is 0.618. The van der Waals surface area contributed by atoms with Gasteiger partial charge in [0.15, 0.2) is 0 Å². The zero-order valence-corrected chi connectivity index (χ0v) is 16.5. The predicted octanol–water partition coefficient (Wildman–Crippen LogP) is 4.34. The van der Waals surface area contributed by atoms with Gasteiger partial charge < -0.3 is 10.2 Å². The lowest BCUT2D eigenvalue weighted by atomic mass is 10.1. The standard InChI is InChI=1S/C22H22ClN3O2/c1-15-12-19(25-10-2-3-11-25)9-6-17(15)13-20-21(27)26(22(28)24-20)14-16-4-7-18(23)8-5-16/h4-9,12-13H,2-3,10-11,14H2,1H3,(H,24,28)/b20-13-. The number of nitrogens with zero attached hydrogens (tertiary/aromatic N) is 2. The second kappa shape index (κ2) is 7.68. The Morgan fingerprint density at radius 1 is 1.07 bits per heavy atom. The SMILES string of the molecule is Cc1cc(N2CCCC2)ccc1/C=C1\NC(=O)N(Cc2ccc(Cl)cc2)C1=O. The molecule has 0 saturated carbocycles. The molecule has 2 aromatic carbocycles. The highest BCUT2D eigenvalue weighted by Crippen LogP contribution is 2.25. The predicted molar refractivity (Wildman–Crippen MR) is 111 cm³/mol. The first-order valence-corrected chi connectivity index (χ1v) is 9.84. The van der Waals surface area contributed by atoms with Crippen LogP contribution in [0.3, 0.4) is 0 Å². The minimum atomic E-state index is -0.405. The molecule has 0 unspecified atom stereocenters. The van der Waals surface area contributed by atoms with Gasteiger partial charge in [-0.3, -0.25) is 9.69 Å². The van der Waals surface area contributed by atoms with E-state index in [9.17, 15) is 9.59 Å². The van der Waals surface area contributed by atoms with E-state index in [0.29, 0.717) is 10.7 Å². The summed E-state index contributed by atoms with van der Waals surface area (Å²) in [4.78, 5) is 28.6. The van der Waals surface area contributed by atoms with Gasteiger partial charge in [-0.1, -0.05) is 29.8 Å². The number of halogens is 1. The van der Waals surface area contributed by atoms with E-state index in [0.717, 1.165) is 29.8 Å². The smallest absolute Gasteiger partial charge is 0.329 e. The van der Waals surface area contributed by atoms with Crippen molar-refractivity contribution < 1.29 is 9.59 Å². The third-order valence-corrected chi connectivity index (χ3v) is 5.49. The molecule has 2 aromatic rings. The number of rotatable bonds is 4. The number of amides is 3. The van der Waals surface area contributed by atoms with Crippen molar-refractivity contribution in [3.05, 3.63) is 69.9 Å². The zero-order chi connectivity index (χ0) is 19.7. The highest BCUT2D eigenvalue weighted by atomic mass is 35.5. The first kappa shape index (κ1) is 18.6. The summed E-state index contributed by atoms with van der Waals surface area (Å²) in [6, 6.07) is 12.9. The Kier molecular flexibility index (Phi) is 5.09. The minimum Gasteiger partial charge on any atom is -0.372 e. The molecule has 144 valence electrons. The van der Waals surface area contributed by atoms with Crippen LogP contribution in [0.5, 0.6) is 0 Å². The molecule has 2 aliphatic rings. The zero-order valence-electron chi connectivity index (χ0n) is 15.7. The number of urea groups is 1. The van der Waals surface area contributed by atoms with Crippen LogP contribution in [0.15, 0.2) is 48.2 Å². The highest BCUT2D eigenvalue weighted by Gasteiger charge is 2.33. The summed E-state index contributed by atoms with van der Waals surface area (Å²) in [6.07, 6.45) is 4.22. The summed E-state index contributed by atoms with van der Waals surface area (Å²) >= 11 is 5.89. The fourth-order valence-corrected chi connectivity index (χ4v) is 3.76. The van der Waals surface area contributed by atoms with Gasteiger partial charge in [0.1, 0.15) is 5.70 Å². The van der Waals surface area contributed by atoms with Gasteiger partial charge in [0.2, 0.25) is 0 Å². The molecule has 0 aliphatic carbocycles. The lowest BCUT2D eigenvalue weighted by Gasteiger charge is -2.18. The summed E-state index contributed by atoms with van der Waals surface area (Å²) in [7, 11) is 0. The Morgan fingerprint density at radius 3 is 2.46 bits per heavy atom. The first-order chi connectivity index (χ1) is 13.5. The van der Waals surface area contributed by atoms with Gasteiger partial charge in [0.05, 0.1) is 6.54 Å². The summed E-state index contributed by atoms with van der Waals surface area (Å²) < 4.78 is 0. The Balaban J connectivity index is 1.52. The van der Waals surface area contributed by atoms with Crippen LogP contribution in [0.25, 0.3) is 6.08 Å². The molecule has 1 N–H and O–H groups in total. The molecule has 0 radical (unpaired) electrons. The number of nitrogens with one attached hydrogen (secondary N) is 1. The van der Waals surface area contributed by atoms with Gasteiger partial charge in [0.25, 0.3) is 5.91 Å². The number of benzene rings is 2. The molecule has 0 atom stereocenters. The van der Waals surface area contributed by atoms with Gasteiger partial charge in [-0.15, -0.1) is 0 Å². The van der Waals surface area contributed by atoms with Crippen molar-refractivity contribution in [1.82, 2.24) is 10.2 Å². The Hall–Kier alpha value is -2.79. The van der Waals surface area contributed by atoms with E-state index in [1.54, 1.807) is 18.2 Å². The van der Waals surface area contributed by atoms with E-state index in [1.165, 1.54) is 23.4 Å². The third-order valence-electron chi connectivity index (χ3n) is 5.24. The maximum absolute atomic E-state index is 12.7. The van der Waals surface area contributed by atoms with Crippen LogP contribution < -0.4 is 10.2 Å². The molecule has 2 fully saturated rings. The summed E-state index contributed by atoms with van der Waals surface area (Å²) in [5.74, 6) is -0.317. The van der Waals surface area contributed by atoms with Crippen LogP contribution in [-0.4, -0.2) is 29.9 Å². The normalized spacial score (nSPS) is 18.3. The number of hydrogen-bond donors (Lipinski definition) is 1. The Labute approximate surface area is 169 Å². The van der Waals surface area contributed by atoms with E-state index in [4.69, 9.17) is 11.6 Å². The molecule has 4 rings (SSSR count). The molecule has 2 heterocycles. The van der Waals surface area contributed by atoms with Crippen molar-refractivity contribution in [2.45, 2.75) is 26.3 Å². The van der Waals surface area contributed by atoms with Gasteiger partial charge in [-0.25, -0.2) is 4.79 Å². The van der Waals surface area contributed by atoms with Crippen molar-refractivity contribution in [2.75, 3.05) is 18.0 Å². The van der Waals surface area contributed by atoms with Crippen molar-refractivity contribution in [3.63, 3.8) is 0 Å². The Bertz CT molecular complexity index is 947. The van der Waals surface area contributed by atoms with Crippen molar-refractivity contribution >= 4 is 35.3 Å². The molecule has 0 bridgehead atoms. The average Bonchev–Trinajstić information content (AvgIpc) is 3.30. The molecule has 0 spiro atoms. The summed E-state index contributed by atoms with van der Waals surface area (Å²) in [6.45, 7) is 4.42. The van der Waals surface area contributed by atoms with Crippen LogP contribution in [0, 0.1) is 6.92 Å². The maximum Gasteiger partial charge on any atom is 0.329 e. The van der Waals surface area contributed by atoms with E-state index >= 15 is 0 Å². The van der Waals surface area contributed by atoms with Crippen molar-refractivity contribution in [2.24, 2.45) is 0 Å². The number of carbonyl (C=O) groups excluding carboxylic acids is 2. The molecule has 28 heavy (non-hydrogen) atoms. The average molecular weight is 396 g/mol. The number of imide groups is 1. The van der Waals surface area contributed by atoms with Gasteiger partial charge in [-0.05, 0) is 66.8 Å². The van der Waals surface area contributed by atoms with Crippen LogP contribution in [0.4, 0.5) is 10.5 Å². The van der Waals surface area contributed by atoms with E-state index in [-0.39, 0.29) is 12.5 Å². The topological polar surface area (TPSA) is 52.7 Å². The second-order valence-corrected chi connectivity index (χ2v) is 7.68. The number of aryl methyl sites for hydroxylation is 1. The van der Waals surface area contributed by atoms with Crippen molar-refractivity contribution in [1.29, 1.82) is 0 Å². The largest absolute Gasteiger partial charge is 0.372 e. The lowest BCUT2D eigenvalue weighted by molar-refractivity contribution is -0.123. The van der Waals surface area contributed by atoms with Crippen LogP contribution >= 0.6 is 11.6 Å². The molecule has 0 aromatic heterocycles. The van der Waals surface area contributed by atoms with Gasteiger partial charge in [-0.2, -0.15) is 0 Å². The lowest BCUT2D eigenvalue weighted by Crippen LogP contribution is -2.30. The number of carbonyl (C=O) groups is 2. The molecular formula is C22H22ClN3O2. The van der Waals surface area contributed by atoms with E-state index in [2.05, 4.69) is 22.3 Å². The van der Waals surface area contributed by atoms with Crippen LogP contribution in [-0.2, 0) is 11.3 Å².